The molecule has 0 aliphatic carbocycles. The third-order valence-electron chi connectivity index (χ3n) is 1.61. The fraction of sp³-hybridized carbons (Fsp3) is 0.417. The molecule has 0 radical (unpaired) electrons. The lowest BCUT2D eigenvalue weighted by Crippen LogP contribution is -1.93. The van der Waals surface area contributed by atoms with E-state index >= 15 is 0 Å². The van der Waals surface area contributed by atoms with Crippen LogP contribution in [-0.4, -0.2) is 4.98 Å². The molecule has 1 heterocycles. The van der Waals surface area contributed by atoms with E-state index in [1.54, 1.807) is 0 Å². The Morgan fingerprint density at radius 3 is 2.71 bits per heavy atom. The van der Waals surface area contributed by atoms with Gasteiger partial charge in [-0.05, 0) is 31.5 Å². The molecule has 0 spiro atoms. The van der Waals surface area contributed by atoms with Crippen molar-refractivity contribution in [2.45, 2.75) is 34.1 Å². The standard InChI is InChI=1S/C10H14N2.C2H6.H2/c1-8-5-6-12-10(7-8)4-3-9(2)11;1-2;/h3,5-7H,4,11H2,1-2H3;1-2H3;1H/b9-3+;;. The molecule has 0 aromatic carbocycles. The zero-order valence-corrected chi connectivity index (χ0v) is 9.54. The molecule has 0 atom stereocenters. The van der Waals surface area contributed by atoms with Gasteiger partial charge in [-0.3, -0.25) is 4.98 Å². The maximum atomic E-state index is 5.51. The maximum absolute atomic E-state index is 5.51. The Bertz CT molecular complexity index is 291. The fourth-order valence-electron chi connectivity index (χ4n) is 0.976. The van der Waals surface area contributed by atoms with Gasteiger partial charge in [0.2, 0.25) is 0 Å². The molecule has 2 nitrogen and oxygen atoms in total. The van der Waals surface area contributed by atoms with Crippen LogP contribution in [0.4, 0.5) is 0 Å². The number of nitrogens with two attached hydrogens (primary N) is 1. The molecule has 0 bridgehead atoms. The molecule has 0 fully saturated rings. The minimum Gasteiger partial charge on any atom is -0.403 e. The summed E-state index contributed by atoms with van der Waals surface area (Å²) in [7, 11) is 0. The second kappa shape index (κ2) is 7.13. The summed E-state index contributed by atoms with van der Waals surface area (Å²) in [5.74, 6) is 0. The van der Waals surface area contributed by atoms with E-state index in [4.69, 9.17) is 5.73 Å². The van der Waals surface area contributed by atoms with Crippen LogP contribution in [0.5, 0.6) is 0 Å². The second-order valence-electron chi connectivity index (χ2n) is 2.98. The first kappa shape index (κ1) is 12.7. The number of allylic oxidation sites excluding steroid dienone is 2. The lowest BCUT2D eigenvalue weighted by Gasteiger charge is -1.97. The summed E-state index contributed by atoms with van der Waals surface area (Å²) in [5.41, 5.74) is 8.67. The predicted molar refractivity (Wildman–Crippen MR) is 64.1 cm³/mol. The van der Waals surface area contributed by atoms with Crippen LogP contribution in [0.1, 0.15) is 33.5 Å². The van der Waals surface area contributed by atoms with Crippen molar-refractivity contribution in [2.75, 3.05) is 0 Å². The number of rotatable bonds is 2. The first-order chi connectivity index (χ1) is 6.68. The Hall–Kier alpha value is -1.31. The molecule has 1 aromatic rings. The molecule has 0 aliphatic rings. The molecule has 0 aliphatic heterocycles. The van der Waals surface area contributed by atoms with Gasteiger partial charge >= 0.3 is 0 Å². The van der Waals surface area contributed by atoms with E-state index in [9.17, 15) is 0 Å². The summed E-state index contributed by atoms with van der Waals surface area (Å²) in [6.07, 6.45) is 4.62. The number of nitrogens with zero attached hydrogens (tertiary/aromatic N) is 1. The Morgan fingerprint density at radius 1 is 1.57 bits per heavy atom. The normalized spacial score (nSPS) is 10.4. The van der Waals surface area contributed by atoms with Crippen molar-refractivity contribution >= 4 is 0 Å². The maximum Gasteiger partial charge on any atom is 0.0444 e. The lowest BCUT2D eigenvalue weighted by molar-refractivity contribution is 1.08. The lowest BCUT2D eigenvalue weighted by atomic mass is 10.2. The van der Waals surface area contributed by atoms with E-state index in [2.05, 4.69) is 18.0 Å². The average molecular weight is 194 g/mol. The number of aromatic nitrogens is 1. The molecule has 0 amide bonds. The summed E-state index contributed by atoms with van der Waals surface area (Å²) in [6.45, 7) is 7.94. The summed E-state index contributed by atoms with van der Waals surface area (Å²) in [5, 5.41) is 0. The molecule has 80 valence electrons. The van der Waals surface area contributed by atoms with Crippen molar-refractivity contribution < 1.29 is 1.43 Å². The van der Waals surface area contributed by atoms with Crippen molar-refractivity contribution in [1.82, 2.24) is 4.98 Å². The number of pyridine rings is 1. The number of hydrogen-bond acceptors (Lipinski definition) is 2. The van der Waals surface area contributed by atoms with Crippen molar-refractivity contribution in [1.29, 1.82) is 0 Å². The molecular weight excluding hydrogens is 172 g/mol. The quantitative estimate of drug-likeness (QED) is 0.785. The van der Waals surface area contributed by atoms with Crippen LogP contribution in [0, 0.1) is 6.92 Å². The molecular formula is C12H22N2. The zero-order chi connectivity index (χ0) is 11.0. The highest BCUT2D eigenvalue weighted by Crippen LogP contribution is 2.01. The molecule has 2 heteroatoms. The van der Waals surface area contributed by atoms with Crippen molar-refractivity contribution in [3.05, 3.63) is 41.4 Å². The SMILES string of the molecule is C/C(N)=C\Cc1cc(C)ccn1.CC.[HH]. The van der Waals surface area contributed by atoms with Crippen molar-refractivity contribution in [2.24, 2.45) is 5.73 Å². The van der Waals surface area contributed by atoms with Crippen LogP contribution >= 0.6 is 0 Å². The first-order valence-corrected chi connectivity index (χ1v) is 5.02. The molecule has 0 unspecified atom stereocenters. The van der Waals surface area contributed by atoms with Crippen LogP contribution in [0.2, 0.25) is 0 Å². The van der Waals surface area contributed by atoms with E-state index in [1.165, 1.54) is 5.56 Å². The van der Waals surface area contributed by atoms with Gasteiger partial charge in [0.1, 0.15) is 0 Å². The van der Waals surface area contributed by atoms with E-state index in [0.717, 1.165) is 17.8 Å². The molecule has 0 saturated heterocycles. The number of aryl methyl sites for hydroxylation is 1. The van der Waals surface area contributed by atoms with Gasteiger partial charge in [-0.1, -0.05) is 19.9 Å². The van der Waals surface area contributed by atoms with Gasteiger partial charge in [-0.25, -0.2) is 0 Å². The molecule has 1 aromatic heterocycles. The van der Waals surface area contributed by atoms with E-state index in [-0.39, 0.29) is 1.43 Å². The van der Waals surface area contributed by atoms with E-state index < -0.39 is 0 Å². The van der Waals surface area contributed by atoms with Gasteiger partial charge in [-0.15, -0.1) is 0 Å². The molecule has 0 saturated carbocycles. The highest BCUT2D eigenvalue weighted by atomic mass is 14.7. The minimum absolute atomic E-state index is 0. The van der Waals surface area contributed by atoms with Crippen LogP contribution in [0.15, 0.2) is 30.1 Å². The van der Waals surface area contributed by atoms with Crippen molar-refractivity contribution in [3.8, 4) is 0 Å². The summed E-state index contributed by atoms with van der Waals surface area (Å²) in [4.78, 5) is 4.21. The van der Waals surface area contributed by atoms with Crippen LogP contribution < -0.4 is 5.73 Å². The summed E-state index contributed by atoms with van der Waals surface area (Å²) >= 11 is 0. The second-order valence-corrected chi connectivity index (χ2v) is 2.98. The summed E-state index contributed by atoms with van der Waals surface area (Å²) < 4.78 is 0. The van der Waals surface area contributed by atoms with Crippen molar-refractivity contribution in [3.63, 3.8) is 0 Å². The highest BCUT2D eigenvalue weighted by molar-refractivity contribution is 5.16. The number of hydrogen-bond donors (Lipinski definition) is 1. The third-order valence-corrected chi connectivity index (χ3v) is 1.61. The molecule has 14 heavy (non-hydrogen) atoms. The molecule has 1 rings (SSSR count). The average Bonchev–Trinajstić information content (AvgIpc) is 2.18. The van der Waals surface area contributed by atoms with Gasteiger partial charge < -0.3 is 5.73 Å². The zero-order valence-electron chi connectivity index (χ0n) is 9.54. The van der Waals surface area contributed by atoms with Crippen LogP contribution in [0.3, 0.4) is 0 Å². The minimum atomic E-state index is 0. The largest absolute Gasteiger partial charge is 0.403 e. The first-order valence-electron chi connectivity index (χ1n) is 5.02. The predicted octanol–water partition coefficient (Wildman–Crippen LogP) is 3.07. The van der Waals surface area contributed by atoms with E-state index in [1.807, 2.05) is 39.1 Å². The van der Waals surface area contributed by atoms with Gasteiger partial charge in [0.05, 0.1) is 0 Å². The highest BCUT2D eigenvalue weighted by Gasteiger charge is 1.91. The molecule has 2 N–H and O–H groups in total. The van der Waals surface area contributed by atoms with Gasteiger partial charge in [0.15, 0.2) is 0 Å². The topological polar surface area (TPSA) is 38.9 Å². The Morgan fingerprint density at radius 2 is 2.21 bits per heavy atom. The van der Waals surface area contributed by atoms with E-state index in [0.29, 0.717) is 0 Å². The van der Waals surface area contributed by atoms with Crippen LogP contribution in [-0.2, 0) is 6.42 Å². The van der Waals surface area contributed by atoms with Gasteiger partial charge in [-0.2, -0.15) is 0 Å². The smallest absolute Gasteiger partial charge is 0.0444 e. The Kier molecular flexibility index (Phi) is 6.46. The summed E-state index contributed by atoms with van der Waals surface area (Å²) in [6, 6.07) is 4.06. The van der Waals surface area contributed by atoms with Gasteiger partial charge in [0.25, 0.3) is 0 Å². The Balaban J connectivity index is 0. The van der Waals surface area contributed by atoms with Crippen LogP contribution in [0.25, 0.3) is 0 Å². The van der Waals surface area contributed by atoms with Gasteiger partial charge in [0, 0.05) is 25.4 Å². The fourth-order valence-corrected chi connectivity index (χ4v) is 0.976. The monoisotopic (exact) mass is 194 g/mol. The Labute approximate surface area is 88.3 Å². The third kappa shape index (κ3) is 5.36.